The van der Waals surface area contributed by atoms with Crippen LogP contribution >= 0.6 is 21.6 Å². The number of fused-ring (bicyclic) bond motifs is 2. The fourth-order valence-corrected chi connectivity index (χ4v) is 9.67. The summed E-state index contributed by atoms with van der Waals surface area (Å²) >= 11 is 0. The van der Waals surface area contributed by atoms with Gasteiger partial charge in [-0.25, -0.2) is 0 Å². The third-order valence-electron chi connectivity index (χ3n) is 8.41. The number of ether oxygens (including phenoxy) is 1. The molecule has 0 spiro atoms. The van der Waals surface area contributed by atoms with E-state index in [9.17, 15) is 14.7 Å². The van der Waals surface area contributed by atoms with Gasteiger partial charge in [0, 0.05) is 18.4 Å². The van der Waals surface area contributed by atoms with Gasteiger partial charge in [-0.1, -0.05) is 77.4 Å². The topological polar surface area (TPSA) is 87.7 Å². The summed E-state index contributed by atoms with van der Waals surface area (Å²) in [5.74, 6) is 1.56. The zero-order valence-corrected chi connectivity index (χ0v) is 26.0. The van der Waals surface area contributed by atoms with Crippen LogP contribution in [0.15, 0.2) is 72.0 Å². The smallest absolute Gasteiger partial charge is 0.163 e. The lowest BCUT2D eigenvalue weighted by molar-refractivity contribution is -0.124. The van der Waals surface area contributed by atoms with Crippen molar-refractivity contribution in [1.82, 2.24) is 10.6 Å². The molecule has 8 heteroatoms. The Kier molecular flexibility index (Phi) is 10.2. The number of rotatable bonds is 4. The highest BCUT2D eigenvalue weighted by Gasteiger charge is 2.43. The molecule has 2 aromatic rings. The summed E-state index contributed by atoms with van der Waals surface area (Å²) in [5.41, 5.74) is 5.41. The summed E-state index contributed by atoms with van der Waals surface area (Å²) < 4.78 is 5.26. The molecule has 0 aliphatic carbocycles. The number of nitrogens with one attached hydrogen (secondary N) is 2. The van der Waals surface area contributed by atoms with Crippen LogP contribution in [-0.4, -0.2) is 47.0 Å². The molecule has 0 aromatic heterocycles. The highest BCUT2D eigenvalue weighted by molar-refractivity contribution is 8.77. The molecule has 0 amide bonds. The van der Waals surface area contributed by atoms with E-state index in [0.717, 1.165) is 54.7 Å². The number of phenolic OH excluding ortho intramolecular Hbond substituents is 1. The zero-order valence-electron chi connectivity index (χ0n) is 24.4. The van der Waals surface area contributed by atoms with Crippen LogP contribution in [0.2, 0.25) is 0 Å². The number of ketones is 2. The average molecular weight is 605 g/mol. The minimum atomic E-state index is -0.209. The number of benzene rings is 2. The molecule has 1 saturated heterocycles. The molecule has 5 rings (SSSR count). The van der Waals surface area contributed by atoms with Gasteiger partial charge in [-0.15, -0.1) is 0 Å². The molecule has 3 N–H and O–H groups in total. The average Bonchev–Trinajstić information content (AvgIpc) is 2.99. The van der Waals surface area contributed by atoms with E-state index in [0.29, 0.717) is 24.5 Å². The predicted molar refractivity (Wildman–Crippen MR) is 174 cm³/mol. The highest BCUT2D eigenvalue weighted by Crippen LogP contribution is 2.50. The quantitative estimate of drug-likeness (QED) is 0.273. The van der Waals surface area contributed by atoms with Crippen molar-refractivity contribution in [2.24, 2.45) is 5.92 Å². The Morgan fingerprint density at radius 2 is 1.95 bits per heavy atom. The monoisotopic (exact) mass is 604 g/mol. The summed E-state index contributed by atoms with van der Waals surface area (Å²) in [7, 11) is 5.41. The first-order chi connectivity index (χ1) is 20.4. The number of Topliss-reactive ketones (excluding diaryl/α,β-unsaturated/α-hetero) is 1. The minimum absolute atomic E-state index is 0.0111. The van der Waals surface area contributed by atoms with E-state index in [2.05, 4.69) is 60.2 Å². The number of phenols is 1. The molecule has 3 aliphatic heterocycles. The van der Waals surface area contributed by atoms with Crippen molar-refractivity contribution in [3.05, 3.63) is 88.7 Å². The fourth-order valence-electron chi connectivity index (χ4n) is 5.93. The number of dihydropyridines is 1. The first kappa shape index (κ1) is 30.5. The van der Waals surface area contributed by atoms with Crippen molar-refractivity contribution in [3.8, 4) is 11.5 Å². The van der Waals surface area contributed by atoms with Gasteiger partial charge in [0.2, 0.25) is 0 Å². The van der Waals surface area contributed by atoms with Crippen LogP contribution in [0.3, 0.4) is 0 Å². The number of hydrogen-bond acceptors (Lipinski definition) is 8. The predicted octanol–water partition coefficient (Wildman–Crippen LogP) is 6.40. The Hall–Kier alpha value is -2.94. The summed E-state index contributed by atoms with van der Waals surface area (Å²) in [6.45, 7) is 3.11. The Bertz CT molecular complexity index is 1390. The van der Waals surface area contributed by atoms with E-state index in [1.807, 2.05) is 21.6 Å². The number of allylic oxidation sites excluding steroid dienone is 3. The third kappa shape index (κ3) is 7.33. The molecule has 3 unspecified atom stereocenters. The second-order valence-corrected chi connectivity index (χ2v) is 14.1. The largest absolute Gasteiger partial charge is 0.504 e. The van der Waals surface area contributed by atoms with Gasteiger partial charge in [-0.05, 0) is 84.2 Å². The van der Waals surface area contributed by atoms with E-state index in [4.69, 9.17) is 4.74 Å². The van der Waals surface area contributed by atoms with Crippen LogP contribution < -0.4 is 15.4 Å². The minimum Gasteiger partial charge on any atom is -0.504 e. The van der Waals surface area contributed by atoms with E-state index in [1.54, 1.807) is 18.2 Å². The summed E-state index contributed by atoms with van der Waals surface area (Å²) in [6.07, 6.45) is 12.3. The molecule has 0 saturated carbocycles. The SMILES string of the molecule is CCC1CCC(=O)CC(=O)C=Cc2cc(OC)c(O)cc2CC2=CNC3NCCC(Cc4ccccc4)(SSC1)C3=C2. The van der Waals surface area contributed by atoms with Gasteiger partial charge >= 0.3 is 0 Å². The van der Waals surface area contributed by atoms with Gasteiger partial charge in [-0.2, -0.15) is 0 Å². The van der Waals surface area contributed by atoms with Crippen LogP contribution in [-0.2, 0) is 22.4 Å². The number of methoxy groups -OCH3 is 1. The van der Waals surface area contributed by atoms with Crippen molar-refractivity contribution in [2.45, 2.75) is 62.8 Å². The molecule has 42 heavy (non-hydrogen) atoms. The number of hydrogen-bond donors (Lipinski definition) is 3. The highest BCUT2D eigenvalue weighted by atomic mass is 33.1. The molecule has 6 nitrogen and oxygen atoms in total. The van der Waals surface area contributed by atoms with Crippen molar-refractivity contribution in [1.29, 1.82) is 0 Å². The molecule has 3 aliphatic rings. The van der Waals surface area contributed by atoms with E-state index < -0.39 is 0 Å². The second-order valence-electron chi connectivity index (χ2n) is 11.4. The van der Waals surface area contributed by atoms with Gasteiger partial charge in [0.1, 0.15) is 11.9 Å². The first-order valence-electron chi connectivity index (χ1n) is 14.8. The van der Waals surface area contributed by atoms with Crippen LogP contribution in [0.25, 0.3) is 6.08 Å². The maximum Gasteiger partial charge on any atom is 0.163 e. The van der Waals surface area contributed by atoms with Crippen molar-refractivity contribution >= 4 is 39.2 Å². The van der Waals surface area contributed by atoms with Crippen LogP contribution in [0.5, 0.6) is 11.5 Å². The molecule has 222 valence electrons. The molecule has 3 heterocycles. The lowest BCUT2D eigenvalue weighted by atomic mass is 9.81. The van der Waals surface area contributed by atoms with Gasteiger partial charge in [0.15, 0.2) is 17.3 Å². The number of carbonyl (C=O) groups is 2. The van der Waals surface area contributed by atoms with E-state index >= 15 is 0 Å². The number of carbonyl (C=O) groups excluding carboxylic acids is 2. The molecule has 0 radical (unpaired) electrons. The zero-order chi connectivity index (χ0) is 29.5. The number of aromatic hydroxyl groups is 1. The maximum atomic E-state index is 12.7. The Labute approximate surface area is 256 Å². The number of piperidine rings is 1. The Morgan fingerprint density at radius 1 is 1.12 bits per heavy atom. The third-order valence-corrected chi connectivity index (χ3v) is 11.8. The lowest BCUT2D eigenvalue weighted by Crippen LogP contribution is -2.55. The maximum absolute atomic E-state index is 12.7. The summed E-state index contributed by atoms with van der Waals surface area (Å²) in [4.78, 5) is 25.4. The van der Waals surface area contributed by atoms with Gasteiger partial charge in [-0.3, -0.25) is 14.9 Å². The van der Waals surface area contributed by atoms with Gasteiger partial charge in [0.05, 0.1) is 18.3 Å². The second kappa shape index (κ2) is 14.0. The molecular formula is C34H40N2O4S2. The first-order valence-corrected chi connectivity index (χ1v) is 17.1. The molecular weight excluding hydrogens is 565 g/mol. The molecule has 2 aromatic carbocycles. The Morgan fingerprint density at radius 3 is 2.74 bits per heavy atom. The van der Waals surface area contributed by atoms with Gasteiger partial charge < -0.3 is 15.2 Å². The van der Waals surface area contributed by atoms with Crippen molar-refractivity contribution in [2.75, 3.05) is 19.4 Å². The van der Waals surface area contributed by atoms with Crippen LogP contribution in [0.1, 0.15) is 55.7 Å². The van der Waals surface area contributed by atoms with Crippen molar-refractivity contribution in [3.63, 3.8) is 0 Å². The molecule has 1 fully saturated rings. The summed E-state index contributed by atoms with van der Waals surface area (Å²) in [6, 6.07) is 14.2. The van der Waals surface area contributed by atoms with Crippen molar-refractivity contribution < 1.29 is 19.4 Å². The fraction of sp³-hybridized carbons (Fsp3) is 0.412. The molecule has 3 atom stereocenters. The van der Waals surface area contributed by atoms with E-state index in [-0.39, 0.29) is 34.6 Å². The standard InChI is InChI=1S/C34H40N2O4S2/c1-3-23-9-11-28(37)19-29(38)12-10-26-18-32(40-2)31(39)17-27(26)15-25-16-30-33(36-21-25)35-14-13-34(30,42-41-22-23)20-24-7-5-4-6-8-24/h4-8,10,12,16-18,21,23,33,35-36,39H,3,9,11,13-15,19-20,22H2,1-2H3. The normalized spacial score (nSPS) is 25.3. The van der Waals surface area contributed by atoms with Gasteiger partial charge in [0.25, 0.3) is 0 Å². The lowest BCUT2D eigenvalue weighted by Gasteiger charge is -2.45. The van der Waals surface area contributed by atoms with E-state index in [1.165, 1.54) is 24.3 Å². The van der Waals surface area contributed by atoms with Crippen LogP contribution in [0, 0.1) is 5.92 Å². The summed E-state index contributed by atoms with van der Waals surface area (Å²) in [5, 5.41) is 17.9. The Balaban J connectivity index is 1.56. The molecule has 2 bridgehead atoms. The van der Waals surface area contributed by atoms with Crippen LogP contribution in [0.4, 0.5) is 0 Å².